The smallest absolute Gasteiger partial charge is 0.159 e. The van der Waals surface area contributed by atoms with E-state index in [2.05, 4.69) is 15.3 Å². The Hall–Kier alpha value is -1.94. The summed E-state index contributed by atoms with van der Waals surface area (Å²) in [6.45, 7) is 1.99. The van der Waals surface area contributed by atoms with Gasteiger partial charge in [0.15, 0.2) is 11.6 Å². The molecular formula is C15H17N3O. The number of hydrogen-bond acceptors (Lipinski definition) is 4. The van der Waals surface area contributed by atoms with Crippen molar-refractivity contribution in [1.29, 1.82) is 0 Å². The van der Waals surface area contributed by atoms with Gasteiger partial charge in [-0.1, -0.05) is 30.3 Å². The maximum atomic E-state index is 5.86. The molecule has 1 aromatic heterocycles. The van der Waals surface area contributed by atoms with Crippen molar-refractivity contribution in [2.75, 3.05) is 13.1 Å². The highest BCUT2D eigenvalue weighted by Gasteiger charge is 2.14. The Morgan fingerprint density at radius 3 is 2.58 bits per heavy atom. The molecule has 1 fully saturated rings. The van der Waals surface area contributed by atoms with Crippen molar-refractivity contribution >= 4 is 0 Å². The van der Waals surface area contributed by atoms with Crippen LogP contribution in [0.2, 0.25) is 0 Å². The molecule has 1 atom stereocenters. The molecule has 98 valence electrons. The lowest BCUT2D eigenvalue weighted by molar-refractivity contribution is 0.166. The van der Waals surface area contributed by atoms with Gasteiger partial charge in [0.2, 0.25) is 0 Å². The average molecular weight is 255 g/mol. The number of ether oxygens (including phenoxy) is 1. The van der Waals surface area contributed by atoms with Gasteiger partial charge in [0.05, 0.1) is 12.4 Å². The number of aromatic nitrogens is 2. The van der Waals surface area contributed by atoms with Crippen LogP contribution < -0.4 is 10.1 Å². The zero-order valence-electron chi connectivity index (χ0n) is 10.7. The Labute approximate surface area is 112 Å². The fourth-order valence-corrected chi connectivity index (χ4v) is 2.23. The predicted molar refractivity (Wildman–Crippen MR) is 74.0 cm³/mol. The predicted octanol–water partition coefficient (Wildman–Crippen LogP) is 2.27. The quantitative estimate of drug-likeness (QED) is 0.914. The third-order valence-corrected chi connectivity index (χ3v) is 3.21. The Kier molecular flexibility index (Phi) is 3.70. The molecule has 1 aliphatic rings. The van der Waals surface area contributed by atoms with E-state index in [4.69, 9.17) is 4.74 Å². The number of hydrogen-bond donors (Lipinski definition) is 1. The van der Waals surface area contributed by atoms with Crippen molar-refractivity contribution < 1.29 is 4.74 Å². The Balaban J connectivity index is 1.68. The van der Waals surface area contributed by atoms with E-state index in [9.17, 15) is 0 Å². The van der Waals surface area contributed by atoms with Crippen molar-refractivity contribution in [3.05, 3.63) is 42.7 Å². The van der Waals surface area contributed by atoms with Crippen LogP contribution in [0.3, 0.4) is 0 Å². The van der Waals surface area contributed by atoms with Crippen LogP contribution in [0.4, 0.5) is 0 Å². The van der Waals surface area contributed by atoms with Gasteiger partial charge in [0.25, 0.3) is 0 Å². The first-order chi connectivity index (χ1) is 9.42. The summed E-state index contributed by atoms with van der Waals surface area (Å²) in [7, 11) is 0. The van der Waals surface area contributed by atoms with Crippen LogP contribution in [0, 0.1) is 0 Å². The van der Waals surface area contributed by atoms with E-state index in [1.165, 1.54) is 0 Å². The summed E-state index contributed by atoms with van der Waals surface area (Å²) in [6.07, 6.45) is 5.99. The lowest BCUT2D eigenvalue weighted by atomic mass is 10.1. The molecule has 2 heterocycles. The first-order valence-corrected chi connectivity index (χ1v) is 6.67. The van der Waals surface area contributed by atoms with Crippen molar-refractivity contribution in [2.24, 2.45) is 0 Å². The highest BCUT2D eigenvalue weighted by atomic mass is 16.5. The third-order valence-electron chi connectivity index (χ3n) is 3.21. The van der Waals surface area contributed by atoms with E-state index < -0.39 is 0 Å². The van der Waals surface area contributed by atoms with E-state index in [-0.39, 0.29) is 6.10 Å². The molecule has 4 heteroatoms. The van der Waals surface area contributed by atoms with Gasteiger partial charge in [-0.2, -0.15) is 0 Å². The molecule has 0 bridgehead atoms. The summed E-state index contributed by atoms with van der Waals surface area (Å²) >= 11 is 0. The topological polar surface area (TPSA) is 47.0 Å². The minimum absolute atomic E-state index is 0.236. The molecule has 19 heavy (non-hydrogen) atoms. The van der Waals surface area contributed by atoms with Gasteiger partial charge in [-0.25, -0.2) is 9.97 Å². The van der Waals surface area contributed by atoms with Crippen molar-refractivity contribution in [1.82, 2.24) is 15.3 Å². The summed E-state index contributed by atoms with van der Waals surface area (Å²) in [6, 6.07) is 9.95. The minimum Gasteiger partial charge on any atom is -0.486 e. The summed E-state index contributed by atoms with van der Waals surface area (Å²) in [5.41, 5.74) is 1.02. The lowest BCUT2D eigenvalue weighted by Gasteiger charge is -2.23. The van der Waals surface area contributed by atoms with Gasteiger partial charge < -0.3 is 10.1 Å². The fourth-order valence-electron chi connectivity index (χ4n) is 2.23. The average Bonchev–Trinajstić information content (AvgIpc) is 2.50. The Morgan fingerprint density at radius 2 is 1.89 bits per heavy atom. The van der Waals surface area contributed by atoms with Gasteiger partial charge in [0, 0.05) is 12.1 Å². The van der Waals surface area contributed by atoms with E-state index in [0.717, 1.165) is 43.1 Å². The lowest BCUT2D eigenvalue weighted by Crippen LogP contribution is -2.37. The van der Waals surface area contributed by atoms with Crippen molar-refractivity contribution in [2.45, 2.75) is 18.9 Å². The minimum atomic E-state index is 0.236. The zero-order chi connectivity index (χ0) is 12.9. The summed E-state index contributed by atoms with van der Waals surface area (Å²) in [5, 5.41) is 3.33. The highest BCUT2D eigenvalue weighted by Crippen LogP contribution is 2.18. The Bertz CT molecular complexity index is 507. The number of nitrogens with zero attached hydrogens (tertiary/aromatic N) is 2. The molecular weight excluding hydrogens is 238 g/mol. The largest absolute Gasteiger partial charge is 0.486 e. The molecule has 0 aliphatic carbocycles. The van der Waals surface area contributed by atoms with Crippen LogP contribution in [0.1, 0.15) is 12.8 Å². The van der Waals surface area contributed by atoms with Crippen molar-refractivity contribution in [3.63, 3.8) is 0 Å². The van der Waals surface area contributed by atoms with Gasteiger partial charge in [0.1, 0.15) is 6.10 Å². The molecule has 3 rings (SSSR count). The standard InChI is InChI=1S/C15H17N3O/c1-2-5-12(6-3-1)15-17-10-14(11-18-15)19-13-7-4-8-16-9-13/h1-3,5-6,10-11,13,16H,4,7-9H2. The number of rotatable bonds is 3. The summed E-state index contributed by atoms with van der Waals surface area (Å²) in [5.74, 6) is 1.48. The van der Waals surface area contributed by atoms with Gasteiger partial charge in [-0.15, -0.1) is 0 Å². The van der Waals surface area contributed by atoms with Crippen LogP contribution in [0.25, 0.3) is 11.4 Å². The SMILES string of the molecule is c1ccc(-c2ncc(OC3CCCNC3)cn2)cc1. The Morgan fingerprint density at radius 1 is 1.11 bits per heavy atom. The molecule has 0 amide bonds. The second-order valence-electron chi connectivity index (χ2n) is 4.69. The third kappa shape index (κ3) is 3.09. The maximum absolute atomic E-state index is 5.86. The normalized spacial score (nSPS) is 19.1. The fraction of sp³-hybridized carbons (Fsp3) is 0.333. The van der Waals surface area contributed by atoms with Gasteiger partial charge in [-0.3, -0.25) is 0 Å². The molecule has 0 radical (unpaired) electrons. The van der Waals surface area contributed by atoms with Crippen LogP contribution in [0.5, 0.6) is 5.75 Å². The maximum Gasteiger partial charge on any atom is 0.159 e. The molecule has 1 unspecified atom stereocenters. The van der Waals surface area contributed by atoms with E-state index in [0.29, 0.717) is 0 Å². The zero-order valence-corrected chi connectivity index (χ0v) is 10.7. The van der Waals surface area contributed by atoms with E-state index in [1.807, 2.05) is 30.3 Å². The molecule has 1 saturated heterocycles. The second-order valence-corrected chi connectivity index (χ2v) is 4.69. The van der Waals surface area contributed by atoms with Crippen LogP contribution in [-0.2, 0) is 0 Å². The second kappa shape index (κ2) is 5.80. The molecule has 1 aliphatic heterocycles. The first-order valence-electron chi connectivity index (χ1n) is 6.67. The van der Waals surface area contributed by atoms with Gasteiger partial charge in [-0.05, 0) is 19.4 Å². The highest BCUT2D eigenvalue weighted by molar-refractivity contribution is 5.54. The molecule has 0 spiro atoms. The van der Waals surface area contributed by atoms with E-state index in [1.54, 1.807) is 12.4 Å². The molecule has 2 aromatic rings. The number of benzene rings is 1. The summed E-state index contributed by atoms with van der Waals surface area (Å²) in [4.78, 5) is 8.72. The van der Waals surface area contributed by atoms with Crippen LogP contribution in [0.15, 0.2) is 42.7 Å². The van der Waals surface area contributed by atoms with Gasteiger partial charge >= 0.3 is 0 Å². The summed E-state index contributed by atoms with van der Waals surface area (Å²) < 4.78 is 5.86. The molecule has 0 saturated carbocycles. The molecule has 1 N–H and O–H groups in total. The van der Waals surface area contributed by atoms with E-state index >= 15 is 0 Å². The number of piperidine rings is 1. The molecule has 1 aromatic carbocycles. The first kappa shape index (κ1) is 12.1. The van der Waals surface area contributed by atoms with Crippen molar-refractivity contribution in [3.8, 4) is 17.1 Å². The molecule has 4 nitrogen and oxygen atoms in total. The van der Waals surface area contributed by atoms with Crippen LogP contribution in [-0.4, -0.2) is 29.2 Å². The van der Waals surface area contributed by atoms with Crippen LogP contribution >= 0.6 is 0 Å². The monoisotopic (exact) mass is 255 g/mol. The number of nitrogens with one attached hydrogen (secondary N) is 1.